The largest absolute Gasteiger partial charge is 0.444 e. The molecule has 1 atom stereocenters. The van der Waals surface area contributed by atoms with Crippen LogP contribution in [0.25, 0.3) is 0 Å². The molecule has 0 spiro atoms. The second-order valence-corrected chi connectivity index (χ2v) is 4.17. The fraction of sp³-hybridized carbons (Fsp3) is 0.333. The number of esters is 1. The lowest BCUT2D eigenvalue weighted by atomic mass is 10.2. The van der Waals surface area contributed by atoms with E-state index in [1.54, 1.807) is 0 Å². The first-order valence-corrected chi connectivity index (χ1v) is 6.10. The lowest BCUT2D eigenvalue weighted by molar-refractivity contribution is -0.138. The summed E-state index contributed by atoms with van der Waals surface area (Å²) in [5, 5.41) is 0. The van der Waals surface area contributed by atoms with Gasteiger partial charge in [-0.2, -0.15) is 12.6 Å². The minimum absolute atomic E-state index is 0.0717. The Morgan fingerprint density at radius 3 is 2.83 bits per heavy atom. The Hall–Kier alpha value is -1.69. The summed E-state index contributed by atoms with van der Waals surface area (Å²) in [5.74, 6) is -0.221. The number of nitrogens with zero attached hydrogens (tertiary/aromatic N) is 1. The van der Waals surface area contributed by atoms with Crippen molar-refractivity contribution < 1.29 is 19.1 Å². The number of hydrogen-bond acceptors (Lipinski definition) is 5. The lowest BCUT2D eigenvalue weighted by Gasteiger charge is -2.18. The highest BCUT2D eigenvalue weighted by Gasteiger charge is 2.37. The van der Waals surface area contributed by atoms with Crippen molar-refractivity contribution in [2.45, 2.75) is 12.6 Å². The number of cyclic esters (lactones) is 1. The standard InChI is InChI=1S/C12H13NO4S/c14-11-10(7-18)13(8-17-11)12(15)16-6-9-4-2-1-3-5-9/h1-5,10,18H,6-8H2/t10-/m0/s1. The van der Waals surface area contributed by atoms with E-state index in [0.29, 0.717) is 0 Å². The maximum absolute atomic E-state index is 11.8. The molecule has 0 bridgehead atoms. The van der Waals surface area contributed by atoms with E-state index in [1.165, 1.54) is 4.90 Å². The molecule has 1 amide bonds. The summed E-state index contributed by atoms with van der Waals surface area (Å²) in [6.45, 7) is 0.0985. The molecule has 96 valence electrons. The first-order chi connectivity index (χ1) is 8.72. The molecule has 0 radical (unpaired) electrons. The van der Waals surface area contributed by atoms with Crippen molar-refractivity contribution in [1.29, 1.82) is 0 Å². The van der Waals surface area contributed by atoms with Crippen LogP contribution in [-0.2, 0) is 20.9 Å². The van der Waals surface area contributed by atoms with E-state index in [2.05, 4.69) is 12.6 Å². The van der Waals surface area contributed by atoms with Crippen LogP contribution in [-0.4, -0.2) is 35.5 Å². The van der Waals surface area contributed by atoms with Crippen LogP contribution in [0.5, 0.6) is 0 Å². The summed E-state index contributed by atoms with van der Waals surface area (Å²) >= 11 is 4.02. The van der Waals surface area contributed by atoms with E-state index in [-0.39, 0.29) is 19.1 Å². The van der Waals surface area contributed by atoms with Gasteiger partial charge in [0.25, 0.3) is 0 Å². The molecule has 0 aromatic heterocycles. The molecule has 1 fully saturated rings. The predicted octanol–water partition coefficient (Wildman–Crippen LogP) is 1.44. The molecule has 6 heteroatoms. The molecule has 5 nitrogen and oxygen atoms in total. The Morgan fingerprint density at radius 2 is 2.17 bits per heavy atom. The fourth-order valence-electron chi connectivity index (χ4n) is 1.60. The zero-order chi connectivity index (χ0) is 13.0. The van der Waals surface area contributed by atoms with Crippen LogP contribution in [0, 0.1) is 0 Å². The van der Waals surface area contributed by atoms with Crippen LogP contribution in [0.4, 0.5) is 4.79 Å². The Morgan fingerprint density at radius 1 is 1.44 bits per heavy atom. The highest BCUT2D eigenvalue weighted by Crippen LogP contribution is 2.14. The molecule has 1 heterocycles. The van der Waals surface area contributed by atoms with Crippen LogP contribution in [0.3, 0.4) is 0 Å². The van der Waals surface area contributed by atoms with Gasteiger partial charge in [0.1, 0.15) is 12.6 Å². The Bertz CT molecular complexity index is 437. The van der Waals surface area contributed by atoms with Gasteiger partial charge in [-0.1, -0.05) is 30.3 Å². The minimum atomic E-state index is -0.656. The molecule has 0 unspecified atom stereocenters. The molecule has 1 aliphatic heterocycles. The third-order valence-corrected chi connectivity index (χ3v) is 2.95. The van der Waals surface area contributed by atoms with Crippen LogP contribution < -0.4 is 0 Å². The van der Waals surface area contributed by atoms with Crippen LogP contribution >= 0.6 is 12.6 Å². The molecule has 1 aromatic rings. The van der Waals surface area contributed by atoms with Crippen molar-refractivity contribution >= 4 is 24.7 Å². The molecule has 1 aliphatic rings. The number of carbonyl (C=O) groups excluding carboxylic acids is 2. The second kappa shape index (κ2) is 5.77. The molecule has 1 saturated heterocycles. The van der Waals surface area contributed by atoms with Gasteiger partial charge in [-0.05, 0) is 5.56 Å². The van der Waals surface area contributed by atoms with Crippen LogP contribution in [0.2, 0.25) is 0 Å². The topological polar surface area (TPSA) is 55.8 Å². The first-order valence-electron chi connectivity index (χ1n) is 5.47. The lowest BCUT2D eigenvalue weighted by Crippen LogP contribution is -2.39. The summed E-state index contributed by atoms with van der Waals surface area (Å²) in [6, 6.07) is 8.67. The van der Waals surface area contributed by atoms with E-state index in [4.69, 9.17) is 9.47 Å². The van der Waals surface area contributed by atoms with Gasteiger partial charge in [-0.25, -0.2) is 9.59 Å². The monoisotopic (exact) mass is 267 g/mol. The number of ether oxygens (including phenoxy) is 2. The van der Waals surface area contributed by atoms with E-state index in [1.807, 2.05) is 30.3 Å². The zero-order valence-electron chi connectivity index (χ0n) is 9.61. The van der Waals surface area contributed by atoms with Crippen LogP contribution in [0.15, 0.2) is 30.3 Å². The number of benzene rings is 1. The maximum Gasteiger partial charge on any atom is 0.413 e. The van der Waals surface area contributed by atoms with E-state index >= 15 is 0 Å². The van der Waals surface area contributed by atoms with Gasteiger partial charge in [0.15, 0.2) is 6.73 Å². The van der Waals surface area contributed by atoms with Gasteiger partial charge in [0.05, 0.1) is 0 Å². The van der Waals surface area contributed by atoms with E-state index in [0.717, 1.165) is 5.56 Å². The SMILES string of the molecule is O=C1OCN(C(=O)OCc2ccccc2)[C@H]1CS. The Balaban J connectivity index is 1.90. The Labute approximate surface area is 110 Å². The third kappa shape index (κ3) is 2.76. The average Bonchev–Trinajstić information content (AvgIpc) is 2.78. The molecule has 18 heavy (non-hydrogen) atoms. The van der Waals surface area contributed by atoms with Crippen molar-refractivity contribution in [3.8, 4) is 0 Å². The summed E-state index contributed by atoms with van der Waals surface area (Å²) in [6.07, 6.45) is -0.566. The van der Waals surface area contributed by atoms with Gasteiger partial charge in [0.2, 0.25) is 0 Å². The van der Waals surface area contributed by atoms with Crippen molar-refractivity contribution in [3.63, 3.8) is 0 Å². The third-order valence-electron chi connectivity index (χ3n) is 2.61. The summed E-state index contributed by atoms with van der Waals surface area (Å²) in [4.78, 5) is 24.3. The number of amides is 1. The van der Waals surface area contributed by atoms with Crippen LogP contribution in [0.1, 0.15) is 5.56 Å². The van der Waals surface area contributed by atoms with Gasteiger partial charge in [-0.15, -0.1) is 0 Å². The quantitative estimate of drug-likeness (QED) is 0.665. The average molecular weight is 267 g/mol. The number of rotatable bonds is 3. The highest BCUT2D eigenvalue weighted by atomic mass is 32.1. The fourth-order valence-corrected chi connectivity index (χ4v) is 1.95. The van der Waals surface area contributed by atoms with E-state index < -0.39 is 18.1 Å². The maximum atomic E-state index is 11.8. The predicted molar refractivity (Wildman–Crippen MR) is 67.1 cm³/mol. The van der Waals surface area contributed by atoms with Crippen molar-refractivity contribution in [3.05, 3.63) is 35.9 Å². The molecular weight excluding hydrogens is 254 g/mol. The number of carbonyl (C=O) groups is 2. The smallest absolute Gasteiger partial charge is 0.413 e. The van der Waals surface area contributed by atoms with Crippen molar-refractivity contribution in [2.24, 2.45) is 0 Å². The normalized spacial score (nSPS) is 18.6. The first kappa shape index (κ1) is 12.8. The van der Waals surface area contributed by atoms with Gasteiger partial charge < -0.3 is 9.47 Å². The van der Waals surface area contributed by atoms with Gasteiger partial charge in [0, 0.05) is 5.75 Å². The molecule has 0 aliphatic carbocycles. The van der Waals surface area contributed by atoms with Gasteiger partial charge >= 0.3 is 12.1 Å². The van der Waals surface area contributed by atoms with Crippen molar-refractivity contribution in [1.82, 2.24) is 4.90 Å². The summed E-state index contributed by atoms with van der Waals surface area (Å²) in [7, 11) is 0. The second-order valence-electron chi connectivity index (χ2n) is 3.80. The number of hydrogen-bond donors (Lipinski definition) is 1. The van der Waals surface area contributed by atoms with E-state index in [9.17, 15) is 9.59 Å². The van der Waals surface area contributed by atoms with Crippen molar-refractivity contribution in [2.75, 3.05) is 12.5 Å². The van der Waals surface area contributed by atoms with Gasteiger partial charge in [-0.3, -0.25) is 4.90 Å². The molecule has 1 aromatic carbocycles. The molecule has 0 saturated carbocycles. The molecule has 0 N–H and O–H groups in total. The summed E-state index contributed by atoms with van der Waals surface area (Å²) in [5.41, 5.74) is 0.889. The Kier molecular flexibility index (Phi) is 4.09. The highest BCUT2D eigenvalue weighted by molar-refractivity contribution is 7.80. The number of thiol groups is 1. The molecule has 2 rings (SSSR count). The zero-order valence-corrected chi connectivity index (χ0v) is 10.5. The minimum Gasteiger partial charge on any atom is -0.444 e. The molecular formula is C12H13NO4S. The summed E-state index contributed by atoms with van der Waals surface area (Å²) < 4.78 is 9.89.